The molecule has 1 atom stereocenters. The van der Waals surface area contributed by atoms with Crippen molar-refractivity contribution >= 4 is 16.0 Å². The van der Waals surface area contributed by atoms with Crippen molar-refractivity contribution in [1.29, 1.82) is 0 Å². The van der Waals surface area contributed by atoms with Gasteiger partial charge in [0.15, 0.2) is 0 Å². The fraction of sp³-hybridized carbons (Fsp3) is 0.462. The van der Waals surface area contributed by atoms with E-state index in [1.165, 1.54) is 20.1 Å². The van der Waals surface area contributed by atoms with Crippen LogP contribution < -0.4 is 0 Å². The van der Waals surface area contributed by atoms with Gasteiger partial charge in [0.2, 0.25) is 10.0 Å². The van der Waals surface area contributed by atoms with Gasteiger partial charge >= 0.3 is 5.97 Å². The van der Waals surface area contributed by atoms with Gasteiger partial charge in [-0.2, -0.15) is 4.31 Å². The molecule has 0 spiro atoms. The normalized spacial score (nSPS) is 20.2. The molecule has 0 aliphatic carbocycles. The van der Waals surface area contributed by atoms with Gasteiger partial charge in [0, 0.05) is 6.54 Å². The number of benzene rings is 1. The van der Waals surface area contributed by atoms with Crippen molar-refractivity contribution in [3.05, 3.63) is 29.6 Å². The number of hydrogen-bond donors (Lipinski definition) is 0. The third-order valence-electron chi connectivity index (χ3n) is 3.28. The molecule has 0 amide bonds. The van der Waals surface area contributed by atoms with E-state index >= 15 is 0 Å². The summed E-state index contributed by atoms with van der Waals surface area (Å²) in [4.78, 5) is 11.7. The van der Waals surface area contributed by atoms with Crippen molar-refractivity contribution < 1.29 is 27.1 Å². The van der Waals surface area contributed by atoms with Crippen LogP contribution in [-0.4, -0.2) is 51.6 Å². The molecular formula is C13H16FNO5S. The number of ether oxygens (including phenoxy) is 2. The summed E-state index contributed by atoms with van der Waals surface area (Å²) in [7, 11) is -2.74. The summed E-state index contributed by atoms with van der Waals surface area (Å²) in [5.41, 5.74) is 0.283. The van der Waals surface area contributed by atoms with Crippen LogP contribution in [0.15, 0.2) is 23.1 Å². The Morgan fingerprint density at radius 3 is 2.81 bits per heavy atom. The highest BCUT2D eigenvalue weighted by Crippen LogP contribution is 2.24. The maximum absolute atomic E-state index is 13.1. The molecule has 0 aromatic heterocycles. The highest BCUT2D eigenvalue weighted by molar-refractivity contribution is 7.89. The molecule has 0 radical (unpaired) electrons. The summed E-state index contributed by atoms with van der Waals surface area (Å²) in [6, 6.07) is 2.39. The van der Waals surface area contributed by atoms with Crippen LogP contribution in [0.4, 0.5) is 4.39 Å². The summed E-state index contributed by atoms with van der Waals surface area (Å²) < 4.78 is 49.3. The van der Waals surface area contributed by atoms with Crippen LogP contribution in [0.25, 0.3) is 0 Å². The van der Waals surface area contributed by atoms with E-state index in [0.717, 1.165) is 16.4 Å². The van der Waals surface area contributed by atoms with Gasteiger partial charge in [-0.05, 0) is 30.7 Å². The smallest absolute Gasteiger partial charge is 0.326 e. The van der Waals surface area contributed by atoms with Gasteiger partial charge in [0.25, 0.3) is 0 Å². The quantitative estimate of drug-likeness (QED) is 0.767. The zero-order valence-electron chi connectivity index (χ0n) is 11.7. The number of aryl methyl sites for hydroxylation is 1. The lowest BCUT2D eigenvalue weighted by Gasteiger charge is -2.32. The molecule has 1 aromatic carbocycles. The van der Waals surface area contributed by atoms with E-state index in [0.29, 0.717) is 0 Å². The first-order valence-electron chi connectivity index (χ1n) is 6.31. The number of esters is 1. The van der Waals surface area contributed by atoms with Crippen molar-refractivity contribution in [3.63, 3.8) is 0 Å². The van der Waals surface area contributed by atoms with E-state index in [4.69, 9.17) is 4.74 Å². The molecule has 8 heteroatoms. The van der Waals surface area contributed by atoms with E-state index in [9.17, 15) is 17.6 Å². The number of morpholine rings is 1. The third-order valence-corrected chi connectivity index (χ3v) is 5.34. The molecule has 1 fully saturated rings. The number of sulfonamides is 1. The van der Waals surface area contributed by atoms with Crippen LogP contribution in [-0.2, 0) is 24.3 Å². The average molecular weight is 317 g/mol. The molecule has 21 heavy (non-hydrogen) atoms. The number of rotatable bonds is 3. The number of methoxy groups -OCH3 is 1. The average Bonchev–Trinajstić information content (AvgIpc) is 2.46. The van der Waals surface area contributed by atoms with Crippen LogP contribution in [0.2, 0.25) is 0 Å². The lowest BCUT2D eigenvalue weighted by molar-refractivity contribution is -0.149. The Labute approximate surface area is 122 Å². The van der Waals surface area contributed by atoms with E-state index in [-0.39, 0.29) is 30.2 Å². The van der Waals surface area contributed by atoms with E-state index in [2.05, 4.69) is 4.74 Å². The fourth-order valence-electron chi connectivity index (χ4n) is 2.23. The second-order valence-electron chi connectivity index (χ2n) is 4.64. The van der Waals surface area contributed by atoms with Crippen molar-refractivity contribution in [2.24, 2.45) is 0 Å². The maximum atomic E-state index is 13.1. The number of carbonyl (C=O) groups excluding carboxylic acids is 1. The Kier molecular flexibility index (Phi) is 4.60. The third kappa shape index (κ3) is 3.07. The molecule has 0 N–H and O–H groups in total. The lowest BCUT2D eigenvalue weighted by Crippen LogP contribution is -2.52. The van der Waals surface area contributed by atoms with E-state index in [1.54, 1.807) is 0 Å². The van der Waals surface area contributed by atoms with Crippen LogP contribution in [0, 0.1) is 12.7 Å². The molecule has 0 saturated carbocycles. The van der Waals surface area contributed by atoms with Crippen molar-refractivity contribution in [2.45, 2.75) is 17.9 Å². The summed E-state index contributed by atoms with van der Waals surface area (Å²) in [6.07, 6.45) is 0. The molecule has 1 aromatic rings. The number of nitrogens with zero attached hydrogens (tertiary/aromatic N) is 1. The first kappa shape index (κ1) is 15.9. The fourth-order valence-corrected chi connectivity index (χ4v) is 3.98. The Hall–Kier alpha value is -1.51. The number of carbonyl (C=O) groups is 1. The molecule has 116 valence electrons. The van der Waals surface area contributed by atoms with Crippen LogP contribution in [0.3, 0.4) is 0 Å². The van der Waals surface area contributed by atoms with Crippen LogP contribution in [0.1, 0.15) is 5.56 Å². The molecule has 1 aliphatic rings. The highest BCUT2D eigenvalue weighted by atomic mass is 32.2. The van der Waals surface area contributed by atoms with Gasteiger partial charge in [-0.15, -0.1) is 0 Å². The van der Waals surface area contributed by atoms with Gasteiger partial charge in [0.05, 0.1) is 25.2 Å². The minimum Gasteiger partial charge on any atom is -0.468 e. The molecule has 1 heterocycles. The molecular weight excluding hydrogens is 301 g/mol. The van der Waals surface area contributed by atoms with Crippen LogP contribution in [0.5, 0.6) is 0 Å². The van der Waals surface area contributed by atoms with Gasteiger partial charge in [-0.3, -0.25) is 4.79 Å². The summed E-state index contributed by atoms with van der Waals surface area (Å²) in [6.45, 7) is 1.67. The minimum atomic E-state index is -3.93. The Morgan fingerprint density at radius 2 is 2.19 bits per heavy atom. The molecule has 1 aliphatic heterocycles. The number of hydrogen-bond acceptors (Lipinski definition) is 5. The van der Waals surface area contributed by atoms with E-state index < -0.39 is 27.9 Å². The second kappa shape index (κ2) is 6.08. The topological polar surface area (TPSA) is 72.9 Å². The standard InChI is InChI=1S/C13H16FNO5S/c1-9-7-10(14)3-4-12(9)21(17,18)15-5-6-20-8-11(15)13(16)19-2/h3-4,7,11H,5-6,8H2,1-2H3. The molecule has 0 bridgehead atoms. The zero-order chi connectivity index (χ0) is 15.6. The Balaban J connectivity index is 2.43. The lowest BCUT2D eigenvalue weighted by atomic mass is 10.2. The van der Waals surface area contributed by atoms with Crippen molar-refractivity contribution in [2.75, 3.05) is 26.9 Å². The van der Waals surface area contributed by atoms with Crippen LogP contribution >= 0.6 is 0 Å². The van der Waals surface area contributed by atoms with Gasteiger partial charge in [0.1, 0.15) is 11.9 Å². The molecule has 2 rings (SSSR count). The Morgan fingerprint density at radius 1 is 1.48 bits per heavy atom. The van der Waals surface area contributed by atoms with Gasteiger partial charge < -0.3 is 9.47 Å². The van der Waals surface area contributed by atoms with Crippen molar-refractivity contribution in [3.8, 4) is 0 Å². The summed E-state index contributed by atoms with van der Waals surface area (Å²) >= 11 is 0. The Bertz CT molecular complexity index is 646. The summed E-state index contributed by atoms with van der Waals surface area (Å²) in [5.74, 6) is -1.20. The molecule has 1 saturated heterocycles. The molecule has 1 unspecified atom stereocenters. The summed E-state index contributed by atoms with van der Waals surface area (Å²) in [5, 5.41) is 0. The van der Waals surface area contributed by atoms with E-state index in [1.807, 2.05) is 0 Å². The largest absolute Gasteiger partial charge is 0.468 e. The SMILES string of the molecule is COC(=O)C1COCCN1S(=O)(=O)c1ccc(F)cc1C. The first-order valence-corrected chi connectivity index (χ1v) is 7.75. The highest BCUT2D eigenvalue weighted by Gasteiger charge is 2.39. The predicted octanol–water partition coefficient (Wildman–Crippen LogP) is 0.697. The molecule has 6 nitrogen and oxygen atoms in total. The second-order valence-corrected chi connectivity index (χ2v) is 6.50. The van der Waals surface area contributed by atoms with Gasteiger partial charge in [-0.25, -0.2) is 12.8 Å². The monoisotopic (exact) mass is 317 g/mol. The maximum Gasteiger partial charge on any atom is 0.326 e. The van der Waals surface area contributed by atoms with Crippen molar-refractivity contribution in [1.82, 2.24) is 4.31 Å². The minimum absolute atomic E-state index is 0.0281. The zero-order valence-corrected chi connectivity index (χ0v) is 12.5. The first-order chi connectivity index (χ1) is 9.87. The number of halogens is 1. The van der Waals surface area contributed by atoms with Gasteiger partial charge in [-0.1, -0.05) is 0 Å². The predicted molar refractivity (Wildman–Crippen MR) is 71.7 cm³/mol.